The van der Waals surface area contributed by atoms with Gasteiger partial charge in [0.2, 0.25) is 0 Å². The van der Waals surface area contributed by atoms with Gasteiger partial charge < -0.3 is 19.9 Å². The molecule has 26 heavy (non-hydrogen) atoms. The molecule has 0 aliphatic carbocycles. The second-order valence-corrected chi connectivity index (χ2v) is 6.66. The Morgan fingerprint density at radius 2 is 1.88 bits per heavy atom. The number of nitrogens with one attached hydrogen (secondary N) is 1. The molecule has 1 amide bonds. The van der Waals surface area contributed by atoms with E-state index in [1.54, 1.807) is 12.1 Å². The van der Waals surface area contributed by atoms with Crippen molar-refractivity contribution in [2.45, 2.75) is 25.6 Å². The summed E-state index contributed by atoms with van der Waals surface area (Å²) < 4.78 is 11.7. The molecule has 3 rings (SSSR count). The molecule has 2 N–H and O–H groups in total. The standard InChI is InChI=1S/C21H25NO4/c23-19-9-7-18(8-10-19)21(24)22-12-20-11-6-17(15-26-20)14-25-13-16-4-2-1-3-5-16/h1-5,7-10,17,20,23H,6,11-15H2,(H,22,24). The van der Waals surface area contributed by atoms with Crippen LogP contribution in [0.3, 0.4) is 0 Å². The van der Waals surface area contributed by atoms with Crippen LogP contribution in [0, 0.1) is 5.92 Å². The van der Waals surface area contributed by atoms with Crippen LogP contribution < -0.4 is 5.32 Å². The van der Waals surface area contributed by atoms with Crippen molar-refractivity contribution in [3.8, 4) is 5.75 Å². The van der Waals surface area contributed by atoms with Crippen LogP contribution in [0.1, 0.15) is 28.8 Å². The number of ether oxygens (including phenoxy) is 2. The zero-order valence-corrected chi connectivity index (χ0v) is 14.8. The van der Waals surface area contributed by atoms with Crippen molar-refractivity contribution in [3.63, 3.8) is 0 Å². The Bertz CT molecular complexity index is 679. The van der Waals surface area contributed by atoms with Gasteiger partial charge in [0.05, 0.1) is 25.9 Å². The molecule has 1 saturated heterocycles. The number of carbonyl (C=O) groups excluding carboxylic acids is 1. The highest BCUT2D eigenvalue weighted by molar-refractivity contribution is 5.94. The highest BCUT2D eigenvalue weighted by Crippen LogP contribution is 2.19. The van der Waals surface area contributed by atoms with Gasteiger partial charge in [-0.25, -0.2) is 0 Å². The summed E-state index contributed by atoms with van der Waals surface area (Å²) in [6.45, 7) is 2.48. The molecule has 138 valence electrons. The minimum absolute atomic E-state index is 0.0430. The van der Waals surface area contributed by atoms with E-state index in [1.807, 2.05) is 18.2 Å². The summed E-state index contributed by atoms with van der Waals surface area (Å²) in [5.74, 6) is 0.405. The highest BCUT2D eigenvalue weighted by atomic mass is 16.5. The summed E-state index contributed by atoms with van der Waals surface area (Å²) >= 11 is 0. The molecule has 1 aliphatic heterocycles. The molecule has 2 aromatic rings. The van der Waals surface area contributed by atoms with Gasteiger partial charge in [-0.15, -0.1) is 0 Å². The van der Waals surface area contributed by atoms with Crippen molar-refractivity contribution in [1.29, 1.82) is 0 Å². The molecule has 5 heteroatoms. The molecule has 0 aromatic heterocycles. The lowest BCUT2D eigenvalue weighted by molar-refractivity contribution is -0.0427. The first-order chi connectivity index (χ1) is 12.7. The molecule has 0 radical (unpaired) electrons. The first-order valence-corrected chi connectivity index (χ1v) is 9.01. The first kappa shape index (κ1) is 18.4. The third-order valence-corrected chi connectivity index (χ3v) is 4.55. The van der Waals surface area contributed by atoms with E-state index in [0.717, 1.165) is 12.8 Å². The summed E-state index contributed by atoms with van der Waals surface area (Å²) in [6, 6.07) is 16.4. The molecule has 0 spiro atoms. The van der Waals surface area contributed by atoms with Gasteiger partial charge in [-0.3, -0.25) is 4.79 Å². The Morgan fingerprint density at radius 1 is 1.12 bits per heavy atom. The van der Waals surface area contributed by atoms with Gasteiger partial charge in [-0.05, 0) is 42.7 Å². The molecule has 1 heterocycles. The Balaban J connectivity index is 1.32. The average Bonchev–Trinajstić information content (AvgIpc) is 2.68. The number of aromatic hydroxyl groups is 1. The number of phenolic OH excluding ortho intramolecular Hbond substituents is 1. The summed E-state index contributed by atoms with van der Waals surface area (Å²) in [6.07, 6.45) is 1.99. The third kappa shape index (κ3) is 5.58. The van der Waals surface area contributed by atoms with Crippen LogP contribution in [0.15, 0.2) is 54.6 Å². The molecule has 2 aromatic carbocycles. The predicted octanol–water partition coefficient (Wildman–Crippen LogP) is 3.13. The van der Waals surface area contributed by atoms with Gasteiger partial charge in [0, 0.05) is 18.0 Å². The Morgan fingerprint density at radius 3 is 2.58 bits per heavy atom. The van der Waals surface area contributed by atoms with Crippen LogP contribution in [0.5, 0.6) is 5.75 Å². The number of carbonyl (C=O) groups is 1. The quantitative estimate of drug-likeness (QED) is 0.801. The summed E-state index contributed by atoms with van der Waals surface area (Å²) in [7, 11) is 0. The number of hydrogen-bond acceptors (Lipinski definition) is 4. The van der Waals surface area contributed by atoms with E-state index in [0.29, 0.717) is 37.8 Å². The zero-order chi connectivity index (χ0) is 18.2. The molecule has 1 aliphatic rings. The van der Waals surface area contributed by atoms with Gasteiger partial charge in [0.15, 0.2) is 0 Å². The number of rotatable bonds is 7. The van der Waals surface area contributed by atoms with E-state index in [2.05, 4.69) is 17.4 Å². The Hall–Kier alpha value is -2.37. The zero-order valence-electron chi connectivity index (χ0n) is 14.8. The number of benzene rings is 2. The Kier molecular flexibility index (Phi) is 6.63. The maximum atomic E-state index is 12.1. The SMILES string of the molecule is O=C(NCC1CCC(COCc2ccccc2)CO1)c1ccc(O)cc1. The molecule has 5 nitrogen and oxygen atoms in total. The fraction of sp³-hybridized carbons (Fsp3) is 0.381. The van der Waals surface area contributed by atoms with E-state index in [-0.39, 0.29) is 17.8 Å². The lowest BCUT2D eigenvalue weighted by Crippen LogP contribution is -2.38. The lowest BCUT2D eigenvalue weighted by Gasteiger charge is -2.29. The maximum absolute atomic E-state index is 12.1. The Labute approximate surface area is 153 Å². The van der Waals surface area contributed by atoms with Crippen molar-refractivity contribution in [1.82, 2.24) is 5.32 Å². The van der Waals surface area contributed by atoms with E-state index < -0.39 is 0 Å². The third-order valence-electron chi connectivity index (χ3n) is 4.55. The molecule has 0 bridgehead atoms. The average molecular weight is 355 g/mol. The van der Waals surface area contributed by atoms with E-state index in [1.165, 1.54) is 17.7 Å². The van der Waals surface area contributed by atoms with E-state index in [4.69, 9.17) is 9.47 Å². The van der Waals surface area contributed by atoms with E-state index >= 15 is 0 Å². The van der Waals surface area contributed by atoms with Crippen LogP contribution in [0.25, 0.3) is 0 Å². The van der Waals surface area contributed by atoms with Crippen molar-refractivity contribution >= 4 is 5.91 Å². The fourth-order valence-electron chi connectivity index (χ4n) is 2.99. The van der Waals surface area contributed by atoms with Crippen LogP contribution in [0.4, 0.5) is 0 Å². The van der Waals surface area contributed by atoms with Crippen LogP contribution >= 0.6 is 0 Å². The van der Waals surface area contributed by atoms with Crippen molar-refractivity contribution in [2.24, 2.45) is 5.92 Å². The molecule has 1 fully saturated rings. The fourth-order valence-corrected chi connectivity index (χ4v) is 2.99. The van der Waals surface area contributed by atoms with Crippen LogP contribution in [-0.4, -0.2) is 36.9 Å². The minimum atomic E-state index is -0.151. The monoisotopic (exact) mass is 355 g/mol. The van der Waals surface area contributed by atoms with Crippen molar-refractivity contribution in [3.05, 3.63) is 65.7 Å². The summed E-state index contributed by atoms with van der Waals surface area (Å²) in [5, 5.41) is 12.2. The lowest BCUT2D eigenvalue weighted by atomic mass is 9.99. The molecule has 2 atom stereocenters. The number of hydrogen-bond donors (Lipinski definition) is 2. The van der Waals surface area contributed by atoms with Gasteiger partial charge in [0.1, 0.15) is 5.75 Å². The smallest absolute Gasteiger partial charge is 0.251 e. The van der Waals surface area contributed by atoms with Gasteiger partial charge in [0.25, 0.3) is 5.91 Å². The van der Waals surface area contributed by atoms with Gasteiger partial charge in [-0.1, -0.05) is 30.3 Å². The summed E-state index contributed by atoms with van der Waals surface area (Å²) in [4.78, 5) is 12.1. The van der Waals surface area contributed by atoms with Crippen LogP contribution in [0.2, 0.25) is 0 Å². The van der Waals surface area contributed by atoms with E-state index in [9.17, 15) is 9.90 Å². The van der Waals surface area contributed by atoms with Crippen LogP contribution in [-0.2, 0) is 16.1 Å². The number of amides is 1. The largest absolute Gasteiger partial charge is 0.508 e. The second-order valence-electron chi connectivity index (χ2n) is 6.66. The second kappa shape index (κ2) is 9.36. The predicted molar refractivity (Wildman–Crippen MR) is 99.0 cm³/mol. The maximum Gasteiger partial charge on any atom is 0.251 e. The summed E-state index contributed by atoms with van der Waals surface area (Å²) in [5.41, 5.74) is 1.71. The first-order valence-electron chi connectivity index (χ1n) is 9.01. The molecular formula is C21H25NO4. The van der Waals surface area contributed by atoms with Gasteiger partial charge in [-0.2, -0.15) is 0 Å². The normalized spacial score (nSPS) is 19.8. The topological polar surface area (TPSA) is 67.8 Å². The van der Waals surface area contributed by atoms with Crippen molar-refractivity contribution < 1.29 is 19.4 Å². The number of phenols is 1. The molecular weight excluding hydrogens is 330 g/mol. The molecule has 0 saturated carbocycles. The van der Waals surface area contributed by atoms with Gasteiger partial charge >= 0.3 is 0 Å². The van der Waals surface area contributed by atoms with Crippen molar-refractivity contribution in [2.75, 3.05) is 19.8 Å². The highest BCUT2D eigenvalue weighted by Gasteiger charge is 2.22. The minimum Gasteiger partial charge on any atom is -0.508 e. The molecule has 2 unspecified atom stereocenters.